The SMILES string of the molecule is CC(CCCO)NCc1ccc(-n2cnc3ccccc32)cc1. The van der Waals surface area contributed by atoms with Gasteiger partial charge in [0, 0.05) is 24.9 Å². The fourth-order valence-electron chi connectivity index (χ4n) is 2.73. The number of imidazole rings is 1. The predicted octanol–water partition coefficient (Wildman–Crippen LogP) is 3.28. The molecular weight excluding hydrogens is 286 g/mol. The lowest BCUT2D eigenvalue weighted by Crippen LogP contribution is -2.25. The zero-order chi connectivity index (χ0) is 16.1. The Morgan fingerprint density at radius 1 is 1.13 bits per heavy atom. The summed E-state index contributed by atoms with van der Waals surface area (Å²) in [5.74, 6) is 0. The zero-order valence-corrected chi connectivity index (χ0v) is 13.4. The molecule has 0 saturated carbocycles. The molecule has 23 heavy (non-hydrogen) atoms. The van der Waals surface area contributed by atoms with E-state index < -0.39 is 0 Å². The van der Waals surface area contributed by atoms with Crippen LogP contribution in [0.5, 0.6) is 0 Å². The largest absolute Gasteiger partial charge is 0.396 e. The average molecular weight is 309 g/mol. The maximum Gasteiger partial charge on any atom is 0.100 e. The van der Waals surface area contributed by atoms with E-state index in [2.05, 4.69) is 52.1 Å². The summed E-state index contributed by atoms with van der Waals surface area (Å²) in [4.78, 5) is 4.44. The Morgan fingerprint density at radius 3 is 2.70 bits per heavy atom. The Kier molecular flexibility index (Phi) is 5.05. The van der Waals surface area contributed by atoms with E-state index in [4.69, 9.17) is 5.11 Å². The van der Waals surface area contributed by atoms with Crippen molar-refractivity contribution in [1.82, 2.24) is 14.9 Å². The number of aromatic nitrogens is 2. The summed E-state index contributed by atoms with van der Waals surface area (Å²) in [5, 5.41) is 12.3. The Morgan fingerprint density at radius 2 is 1.91 bits per heavy atom. The topological polar surface area (TPSA) is 50.1 Å². The summed E-state index contributed by atoms with van der Waals surface area (Å²) >= 11 is 0. The summed E-state index contributed by atoms with van der Waals surface area (Å²) in [6.45, 7) is 3.26. The van der Waals surface area contributed by atoms with Gasteiger partial charge in [-0.3, -0.25) is 4.57 Å². The number of rotatable bonds is 7. The second-order valence-corrected chi connectivity index (χ2v) is 5.92. The van der Waals surface area contributed by atoms with Gasteiger partial charge in [0.2, 0.25) is 0 Å². The molecule has 120 valence electrons. The molecule has 0 spiro atoms. The second-order valence-electron chi connectivity index (χ2n) is 5.92. The molecule has 4 heteroatoms. The van der Waals surface area contributed by atoms with Crippen molar-refractivity contribution < 1.29 is 5.11 Å². The number of fused-ring (bicyclic) bond motifs is 1. The van der Waals surface area contributed by atoms with Gasteiger partial charge in [-0.15, -0.1) is 0 Å². The van der Waals surface area contributed by atoms with Gasteiger partial charge < -0.3 is 10.4 Å². The molecule has 0 aliphatic rings. The summed E-state index contributed by atoms with van der Waals surface area (Å²) in [5.41, 5.74) is 4.51. The Hall–Kier alpha value is -2.17. The van der Waals surface area contributed by atoms with Crippen LogP contribution < -0.4 is 5.32 Å². The van der Waals surface area contributed by atoms with Crippen molar-refractivity contribution in [1.29, 1.82) is 0 Å². The molecule has 0 aliphatic heterocycles. The van der Waals surface area contributed by atoms with Gasteiger partial charge in [0.05, 0.1) is 11.0 Å². The summed E-state index contributed by atoms with van der Waals surface area (Å²) in [7, 11) is 0. The Labute approximate surface area is 136 Å². The number of aliphatic hydroxyl groups is 1. The molecule has 1 unspecified atom stereocenters. The van der Waals surface area contributed by atoms with Crippen molar-refractivity contribution in [2.24, 2.45) is 0 Å². The quantitative estimate of drug-likeness (QED) is 0.704. The number of nitrogens with one attached hydrogen (secondary N) is 1. The molecule has 0 saturated heterocycles. The van der Waals surface area contributed by atoms with E-state index >= 15 is 0 Å². The van der Waals surface area contributed by atoms with Crippen LogP contribution in [0.4, 0.5) is 0 Å². The highest BCUT2D eigenvalue weighted by Crippen LogP contribution is 2.18. The molecule has 0 amide bonds. The molecule has 2 aromatic carbocycles. The van der Waals surface area contributed by atoms with Crippen molar-refractivity contribution in [3.63, 3.8) is 0 Å². The molecule has 0 radical (unpaired) electrons. The van der Waals surface area contributed by atoms with E-state index in [0.29, 0.717) is 6.04 Å². The van der Waals surface area contributed by atoms with Crippen LogP contribution in [-0.2, 0) is 6.54 Å². The minimum Gasteiger partial charge on any atom is -0.396 e. The van der Waals surface area contributed by atoms with E-state index in [1.807, 2.05) is 24.5 Å². The molecule has 1 aromatic heterocycles. The maximum atomic E-state index is 8.86. The van der Waals surface area contributed by atoms with Crippen molar-refractivity contribution in [3.8, 4) is 5.69 Å². The zero-order valence-electron chi connectivity index (χ0n) is 13.4. The molecule has 1 atom stereocenters. The lowest BCUT2D eigenvalue weighted by molar-refractivity contribution is 0.276. The number of nitrogens with zero attached hydrogens (tertiary/aromatic N) is 2. The molecular formula is C19H23N3O. The Balaban J connectivity index is 1.67. The molecule has 2 N–H and O–H groups in total. The number of hydrogen-bond donors (Lipinski definition) is 2. The van der Waals surface area contributed by atoms with Gasteiger partial charge in [-0.25, -0.2) is 4.98 Å². The van der Waals surface area contributed by atoms with Crippen molar-refractivity contribution in [2.75, 3.05) is 6.61 Å². The first-order valence-electron chi connectivity index (χ1n) is 8.13. The lowest BCUT2D eigenvalue weighted by atomic mass is 10.1. The van der Waals surface area contributed by atoms with Gasteiger partial charge in [-0.2, -0.15) is 0 Å². The fraction of sp³-hybridized carbons (Fsp3) is 0.316. The first-order chi connectivity index (χ1) is 11.3. The van der Waals surface area contributed by atoms with Crippen LogP contribution in [0.3, 0.4) is 0 Å². The van der Waals surface area contributed by atoms with E-state index in [0.717, 1.165) is 36.1 Å². The average Bonchev–Trinajstić information content (AvgIpc) is 3.02. The number of aliphatic hydroxyl groups excluding tert-OH is 1. The summed E-state index contributed by atoms with van der Waals surface area (Å²) in [6, 6.07) is 17.1. The van der Waals surface area contributed by atoms with Gasteiger partial charge in [0.25, 0.3) is 0 Å². The first kappa shape index (κ1) is 15.7. The molecule has 3 aromatic rings. The second kappa shape index (κ2) is 7.40. The predicted molar refractivity (Wildman–Crippen MR) is 93.7 cm³/mol. The monoisotopic (exact) mass is 309 g/mol. The minimum atomic E-state index is 0.263. The number of benzene rings is 2. The van der Waals surface area contributed by atoms with Gasteiger partial charge in [0.15, 0.2) is 0 Å². The van der Waals surface area contributed by atoms with E-state index in [1.54, 1.807) is 0 Å². The number of hydrogen-bond acceptors (Lipinski definition) is 3. The van der Waals surface area contributed by atoms with E-state index in [9.17, 15) is 0 Å². The van der Waals surface area contributed by atoms with Crippen molar-refractivity contribution in [2.45, 2.75) is 32.4 Å². The van der Waals surface area contributed by atoms with Crippen LogP contribution in [0, 0.1) is 0 Å². The van der Waals surface area contributed by atoms with Crippen LogP contribution in [0.1, 0.15) is 25.3 Å². The standard InChI is InChI=1S/C19H23N3O/c1-15(5-4-12-23)20-13-16-8-10-17(11-9-16)22-14-21-18-6-2-3-7-19(18)22/h2-3,6-11,14-15,20,23H,4-5,12-13H2,1H3. The molecule has 0 bridgehead atoms. The highest BCUT2D eigenvalue weighted by molar-refractivity contribution is 5.77. The van der Waals surface area contributed by atoms with Gasteiger partial charge in [-0.1, -0.05) is 24.3 Å². The van der Waals surface area contributed by atoms with Crippen molar-refractivity contribution in [3.05, 3.63) is 60.4 Å². The van der Waals surface area contributed by atoms with Gasteiger partial charge in [0.1, 0.15) is 6.33 Å². The third kappa shape index (κ3) is 3.78. The van der Waals surface area contributed by atoms with Crippen molar-refractivity contribution >= 4 is 11.0 Å². The first-order valence-corrected chi connectivity index (χ1v) is 8.13. The third-order valence-corrected chi connectivity index (χ3v) is 4.12. The van der Waals surface area contributed by atoms with Crippen LogP contribution in [0.15, 0.2) is 54.9 Å². The molecule has 3 rings (SSSR count). The minimum absolute atomic E-state index is 0.263. The highest BCUT2D eigenvalue weighted by atomic mass is 16.2. The lowest BCUT2D eigenvalue weighted by Gasteiger charge is -2.13. The summed E-state index contributed by atoms with van der Waals surface area (Å²) in [6.07, 6.45) is 3.71. The molecule has 1 heterocycles. The van der Waals surface area contributed by atoms with E-state index in [-0.39, 0.29) is 6.61 Å². The van der Waals surface area contributed by atoms with E-state index in [1.165, 1.54) is 5.56 Å². The van der Waals surface area contributed by atoms with Crippen LogP contribution in [-0.4, -0.2) is 27.3 Å². The Bertz CT molecular complexity index is 749. The number of para-hydroxylation sites is 2. The van der Waals surface area contributed by atoms with Crippen LogP contribution in [0.2, 0.25) is 0 Å². The van der Waals surface area contributed by atoms with Crippen LogP contribution >= 0.6 is 0 Å². The molecule has 4 nitrogen and oxygen atoms in total. The maximum absolute atomic E-state index is 8.86. The van der Waals surface area contributed by atoms with Gasteiger partial charge in [-0.05, 0) is 49.6 Å². The fourth-order valence-corrected chi connectivity index (χ4v) is 2.73. The van der Waals surface area contributed by atoms with Crippen LogP contribution in [0.25, 0.3) is 16.7 Å². The molecule has 0 fully saturated rings. The highest BCUT2D eigenvalue weighted by Gasteiger charge is 2.05. The van der Waals surface area contributed by atoms with Gasteiger partial charge >= 0.3 is 0 Å². The summed E-state index contributed by atoms with van der Waals surface area (Å²) < 4.78 is 2.11. The third-order valence-electron chi connectivity index (χ3n) is 4.12. The molecule has 0 aliphatic carbocycles. The normalized spacial score (nSPS) is 12.6. The smallest absolute Gasteiger partial charge is 0.100 e.